The lowest BCUT2D eigenvalue weighted by Gasteiger charge is -2.02. The Morgan fingerprint density at radius 1 is 0.833 bits per heavy atom. The number of aldehydes is 1. The zero-order chi connectivity index (χ0) is 16.5. The Morgan fingerprint density at radius 3 is 2.17 bits per heavy atom. The molecule has 0 spiro atoms. The molecule has 4 rings (SSSR count). The van der Waals surface area contributed by atoms with Crippen LogP contribution >= 0.6 is 22.7 Å². The maximum absolute atomic E-state index is 11.0. The molecule has 0 aliphatic heterocycles. The molecule has 0 fully saturated rings. The van der Waals surface area contributed by atoms with Gasteiger partial charge >= 0.3 is 0 Å². The van der Waals surface area contributed by atoms with E-state index in [9.17, 15) is 4.79 Å². The van der Waals surface area contributed by atoms with Crippen LogP contribution < -0.4 is 4.74 Å². The maximum Gasteiger partial charge on any atom is 0.160 e. The Balaban J connectivity index is 1.91. The van der Waals surface area contributed by atoms with Crippen molar-refractivity contribution in [2.24, 2.45) is 0 Å². The molecular formula is C20H14O2S2. The Bertz CT molecular complexity index is 1010. The molecule has 0 N–H and O–H groups in total. The SMILES string of the molecule is COc1ccc(-c2sc(-c3ccc(C=O)s3)c3ccccc23)cc1. The molecule has 2 heterocycles. The number of ether oxygens (including phenoxy) is 1. The predicted molar refractivity (Wildman–Crippen MR) is 103 cm³/mol. The van der Waals surface area contributed by atoms with E-state index in [1.165, 1.54) is 37.4 Å². The molecule has 0 bridgehead atoms. The van der Waals surface area contributed by atoms with Crippen molar-refractivity contribution in [2.75, 3.05) is 7.11 Å². The van der Waals surface area contributed by atoms with Crippen LogP contribution in [0.4, 0.5) is 0 Å². The van der Waals surface area contributed by atoms with Gasteiger partial charge in [0.05, 0.1) is 16.9 Å². The van der Waals surface area contributed by atoms with Crippen molar-refractivity contribution in [1.82, 2.24) is 0 Å². The lowest BCUT2D eigenvalue weighted by molar-refractivity contribution is 0.112. The highest BCUT2D eigenvalue weighted by Crippen LogP contribution is 2.45. The smallest absolute Gasteiger partial charge is 0.160 e. The zero-order valence-electron chi connectivity index (χ0n) is 13.0. The third-order valence-electron chi connectivity index (χ3n) is 3.94. The Hall–Kier alpha value is -2.43. The van der Waals surface area contributed by atoms with Crippen LogP contribution in [0.25, 0.3) is 31.0 Å². The van der Waals surface area contributed by atoms with Crippen LogP contribution in [0.15, 0.2) is 60.7 Å². The number of rotatable bonds is 4. The van der Waals surface area contributed by atoms with Gasteiger partial charge in [0.15, 0.2) is 6.29 Å². The highest BCUT2D eigenvalue weighted by atomic mass is 32.1. The average Bonchev–Trinajstić information content (AvgIpc) is 3.26. The molecule has 0 radical (unpaired) electrons. The van der Waals surface area contributed by atoms with Crippen molar-refractivity contribution in [3.05, 3.63) is 65.5 Å². The van der Waals surface area contributed by atoms with E-state index >= 15 is 0 Å². The topological polar surface area (TPSA) is 26.3 Å². The van der Waals surface area contributed by atoms with E-state index in [1.807, 2.05) is 24.3 Å². The summed E-state index contributed by atoms with van der Waals surface area (Å²) >= 11 is 3.31. The number of hydrogen-bond acceptors (Lipinski definition) is 4. The van der Waals surface area contributed by atoms with Crippen LogP contribution in [0, 0.1) is 0 Å². The van der Waals surface area contributed by atoms with Gasteiger partial charge in [-0.25, -0.2) is 0 Å². The van der Waals surface area contributed by atoms with Crippen molar-refractivity contribution in [1.29, 1.82) is 0 Å². The molecule has 0 atom stereocenters. The van der Waals surface area contributed by atoms with E-state index in [-0.39, 0.29) is 0 Å². The van der Waals surface area contributed by atoms with Crippen LogP contribution in [0.3, 0.4) is 0 Å². The Labute approximate surface area is 148 Å². The van der Waals surface area contributed by atoms with E-state index in [0.717, 1.165) is 21.8 Å². The van der Waals surface area contributed by atoms with Crippen LogP contribution in [0.1, 0.15) is 9.67 Å². The normalized spacial score (nSPS) is 10.9. The van der Waals surface area contributed by atoms with Crippen LogP contribution in [-0.4, -0.2) is 13.4 Å². The van der Waals surface area contributed by atoms with Gasteiger partial charge in [-0.3, -0.25) is 4.79 Å². The van der Waals surface area contributed by atoms with Gasteiger partial charge in [-0.05, 0) is 42.0 Å². The van der Waals surface area contributed by atoms with Crippen molar-refractivity contribution < 1.29 is 9.53 Å². The number of fused-ring (bicyclic) bond motifs is 1. The van der Waals surface area contributed by atoms with Gasteiger partial charge in [0, 0.05) is 20.5 Å². The fraction of sp³-hybridized carbons (Fsp3) is 0.0500. The number of methoxy groups -OCH3 is 1. The van der Waals surface area contributed by atoms with E-state index < -0.39 is 0 Å². The third-order valence-corrected chi connectivity index (χ3v) is 6.40. The molecule has 2 aromatic carbocycles. The molecular weight excluding hydrogens is 336 g/mol. The quantitative estimate of drug-likeness (QED) is 0.415. The molecule has 0 aliphatic carbocycles. The summed E-state index contributed by atoms with van der Waals surface area (Å²) < 4.78 is 5.25. The van der Waals surface area contributed by atoms with E-state index in [4.69, 9.17) is 4.74 Å². The van der Waals surface area contributed by atoms with Crippen LogP contribution in [-0.2, 0) is 0 Å². The summed E-state index contributed by atoms with van der Waals surface area (Å²) in [5, 5.41) is 2.47. The molecule has 0 unspecified atom stereocenters. The van der Waals surface area contributed by atoms with Crippen molar-refractivity contribution in [3.63, 3.8) is 0 Å². The fourth-order valence-corrected chi connectivity index (χ4v) is 5.00. The number of carbonyl (C=O) groups is 1. The first-order chi connectivity index (χ1) is 11.8. The molecule has 4 aromatic rings. The number of carbonyl (C=O) groups excluding carboxylic acids is 1. The molecule has 2 nitrogen and oxygen atoms in total. The van der Waals surface area contributed by atoms with Gasteiger partial charge in [-0.2, -0.15) is 0 Å². The van der Waals surface area contributed by atoms with Gasteiger partial charge in [-0.1, -0.05) is 24.3 Å². The first-order valence-corrected chi connectivity index (χ1v) is 9.15. The summed E-state index contributed by atoms with van der Waals surface area (Å²) in [7, 11) is 1.68. The highest BCUT2D eigenvalue weighted by Gasteiger charge is 2.15. The lowest BCUT2D eigenvalue weighted by atomic mass is 10.1. The molecule has 4 heteroatoms. The Morgan fingerprint density at radius 2 is 1.54 bits per heavy atom. The molecule has 118 valence electrons. The monoisotopic (exact) mass is 350 g/mol. The van der Waals surface area contributed by atoms with Gasteiger partial charge in [0.1, 0.15) is 5.75 Å². The maximum atomic E-state index is 11.0. The number of thiophene rings is 2. The summed E-state index contributed by atoms with van der Waals surface area (Å²) in [6, 6.07) is 20.5. The fourth-order valence-electron chi connectivity index (χ4n) is 2.77. The van der Waals surface area contributed by atoms with Crippen LogP contribution in [0.2, 0.25) is 0 Å². The molecule has 0 aliphatic rings. The lowest BCUT2D eigenvalue weighted by Crippen LogP contribution is -1.81. The number of hydrogen-bond donors (Lipinski definition) is 0. The minimum atomic E-state index is 0.758. The average molecular weight is 350 g/mol. The van der Waals surface area contributed by atoms with Gasteiger partial charge in [-0.15, -0.1) is 22.7 Å². The van der Waals surface area contributed by atoms with E-state index in [2.05, 4.69) is 36.4 Å². The van der Waals surface area contributed by atoms with Crippen molar-refractivity contribution in [3.8, 4) is 25.9 Å². The second-order valence-corrected chi connectivity index (χ2v) is 7.49. The van der Waals surface area contributed by atoms with Gasteiger partial charge in [0.25, 0.3) is 0 Å². The van der Waals surface area contributed by atoms with Crippen molar-refractivity contribution >= 4 is 39.7 Å². The first kappa shape index (κ1) is 15.1. The Kier molecular flexibility index (Phi) is 3.92. The molecule has 24 heavy (non-hydrogen) atoms. The summed E-state index contributed by atoms with van der Waals surface area (Å²) in [5.74, 6) is 0.855. The summed E-state index contributed by atoms with van der Waals surface area (Å²) in [5.41, 5.74) is 1.18. The molecule has 2 aromatic heterocycles. The van der Waals surface area contributed by atoms with Gasteiger partial charge in [0.2, 0.25) is 0 Å². The van der Waals surface area contributed by atoms with Crippen LogP contribution in [0.5, 0.6) is 5.75 Å². The first-order valence-electron chi connectivity index (χ1n) is 7.51. The largest absolute Gasteiger partial charge is 0.497 e. The second kappa shape index (κ2) is 6.23. The minimum Gasteiger partial charge on any atom is -0.497 e. The molecule has 0 saturated heterocycles. The highest BCUT2D eigenvalue weighted by molar-refractivity contribution is 7.26. The minimum absolute atomic E-state index is 0.758. The van der Waals surface area contributed by atoms with Crippen molar-refractivity contribution in [2.45, 2.75) is 0 Å². The van der Waals surface area contributed by atoms with E-state index in [0.29, 0.717) is 0 Å². The standard InChI is InChI=1S/C20H14O2S2/c1-22-14-8-6-13(7-9-14)19-16-4-2-3-5-17(16)20(24-19)18-11-10-15(12-21)23-18/h2-12H,1H3. The second-order valence-electron chi connectivity index (χ2n) is 5.35. The van der Waals surface area contributed by atoms with Gasteiger partial charge < -0.3 is 4.74 Å². The summed E-state index contributed by atoms with van der Waals surface area (Å²) in [6.45, 7) is 0. The number of benzene rings is 2. The zero-order valence-corrected chi connectivity index (χ0v) is 14.6. The molecule has 0 amide bonds. The molecule has 0 saturated carbocycles. The van der Waals surface area contributed by atoms with E-state index in [1.54, 1.807) is 18.4 Å². The predicted octanol–water partition coefficient (Wildman–Crippen LogP) is 6.12. The summed E-state index contributed by atoms with van der Waals surface area (Å²) in [4.78, 5) is 15.4. The third kappa shape index (κ3) is 2.54. The summed E-state index contributed by atoms with van der Waals surface area (Å²) in [6.07, 6.45) is 0.911.